The molecule has 0 aliphatic carbocycles. The van der Waals surface area contributed by atoms with Gasteiger partial charge in [0.2, 0.25) is 5.91 Å². The van der Waals surface area contributed by atoms with Gasteiger partial charge in [0.25, 0.3) is 5.91 Å². The van der Waals surface area contributed by atoms with Crippen molar-refractivity contribution in [2.45, 2.75) is 25.3 Å². The second kappa shape index (κ2) is 6.68. The average Bonchev–Trinajstić information content (AvgIpc) is 2.90. The van der Waals surface area contributed by atoms with E-state index in [-0.39, 0.29) is 36.3 Å². The zero-order chi connectivity index (χ0) is 16.3. The number of hydrogen-bond acceptors (Lipinski definition) is 4. The third kappa shape index (κ3) is 3.38. The normalized spacial score (nSPS) is 22.3. The third-order valence-electron chi connectivity index (χ3n) is 4.83. The largest absolute Gasteiger partial charge is 0.396 e. The molecule has 0 saturated carbocycles. The van der Waals surface area contributed by atoms with Gasteiger partial charge >= 0.3 is 0 Å². The fourth-order valence-electron chi connectivity index (χ4n) is 3.22. The molecule has 2 heterocycles. The van der Waals surface area contributed by atoms with Gasteiger partial charge in [0, 0.05) is 30.7 Å². The van der Waals surface area contributed by atoms with Crippen LogP contribution in [0.25, 0.3) is 0 Å². The molecular weight excluding hydrogens is 296 g/mol. The van der Waals surface area contributed by atoms with Gasteiger partial charge in [0.1, 0.15) is 0 Å². The van der Waals surface area contributed by atoms with E-state index in [0.29, 0.717) is 25.3 Å². The van der Waals surface area contributed by atoms with Crippen LogP contribution in [-0.2, 0) is 9.53 Å². The first-order valence-electron chi connectivity index (χ1n) is 7.99. The van der Waals surface area contributed by atoms with Crippen LogP contribution in [0.1, 0.15) is 41.2 Å². The van der Waals surface area contributed by atoms with Crippen molar-refractivity contribution in [3.63, 3.8) is 0 Å². The standard InChI is InChI=1S/C17H22N2O4/c20-11-17(5-7-23-8-6-17)10-18-15(21)9-14-12-3-1-2-4-13(12)16(22)19-14/h1-4,14,20H,5-11H2,(H,18,21)(H,19,22)/t14-/m1/s1. The number of ether oxygens (including phenoxy) is 1. The van der Waals surface area contributed by atoms with Crippen molar-refractivity contribution in [2.75, 3.05) is 26.4 Å². The number of aliphatic hydroxyl groups excluding tert-OH is 1. The highest BCUT2D eigenvalue weighted by Gasteiger charge is 2.33. The maximum atomic E-state index is 12.2. The Labute approximate surface area is 135 Å². The molecule has 0 radical (unpaired) electrons. The summed E-state index contributed by atoms with van der Waals surface area (Å²) < 4.78 is 5.32. The molecule has 124 valence electrons. The van der Waals surface area contributed by atoms with Crippen LogP contribution in [0, 0.1) is 5.41 Å². The Bertz CT molecular complexity index is 596. The van der Waals surface area contributed by atoms with E-state index in [2.05, 4.69) is 10.6 Å². The topological polar surface area (TPSA) is 87.7 Å². The molecule has 0 bridgehead atoms. The fourth-order valence-corrected chi connectivity index (χ4v) is 3.22. The van der Waals surface area contributed by atoms with Crippen molar-refractivity contribution >= 4 is 11.8 Å². The van der Waals surface area contributed by atoms with Crippen LogP contribution in [0.5, 0.6) is 0 Å². The molecule has 3 rings (SSSR count). The molecule has 6 heteroatoms. The lowest BCUT2D eigenvalue weighted by molar-refractivity contribution is -0.122. The van der Waals surface area contributed by atoms with Crippen LogP contribution in [0.2, 0.25) is 0 Å². The number of amides is 2. The molecule has 2 aliphatic rings. The van der Waals surface area contributed by atoms with Gasteiger partial charge in [-0.05, 0) is 24.5 Å². The Hall–Kier alpha value is -1.92. The predicted octanol–water partition coefficient (Wildman–Crippen LogP) is 0.766. The molecule has 1 atom stereocenters. The highest BCUT2D eigenvalue weighted by Crippen LogP contribution is 2.30. The molecule has 0 unspecified atom stereocenters. The van der Waals surface area contributed by atoms with Crippen molar-refractivity contribution in [1.29, 1.82) is 0 Å². The summed E-state index contributed by atoms with van der Waals surface area (Å²) in [6.45, 7) is 1.71. The average molecular weight is 318 g/mol. The van der Waals surface area contributed by atoms with Crippen LogP contribution in [0.3, 0.4) is 0 Å². The lowest BCUT2D eigenvalue weighted by Crippen LogP contribution is -2.44. The Balaban J connectivity index is 1.57. The number of fused-ring (bicyclic) bond motifs is 1. The van der Waals surface area contributed by atoms with E-state index in [1.165, 1.54) is 0 Å². The summed E-state index contributed by atoms with van der Waals surface area (Å²) in [5, 5.41) is 15.4. The van der Waals surface area contributed by atoms with Gasteiger partial charge in [-0.2, -0.15) is 0 Å². The molecule has 3 N–H and O–H groups in total. The van der Waals surface area contributed by atoms with E-state index in [1.807, 2.05) is 18.2 Å². The quantitative estimate of drug-likeness (QED) is 0.748. The summed E-state index contributed by atoms with van der Waals surface area (Å²) >= 11 is 0. The van der Waals surface area contributed by atoms with Crippen LogP contribution in [0.15, 0.2) is 24.3 Å². The van der Waals surface area contributed by atoms with E-state index in [4.69, 9.17) is 4.74 Å². The van der Waals surface area contributed by atoms with Crippen LogP contribution in [0.4, 0.5) is 0 Å². The second-order valence-electron chi connectivity index (χ2n) is 6.36. The first-order chi connectivity index (χ1) is 11.1. The Morgan fingerprint density at radius 1 is 1.35 bits per heavy atom. The van der Waals surface area contributed by atoms with Gasteiger partial charge in [-0.1, -0.05) is 18.2 Å². The van der Waals surface area contributed by atoms with Gasteiger partial charge in [0.05, 0.1) is 19.1 Å². The number of carbonyl (C=O) groups is 2. The molecule has 2 amide bonds. The maximum absolute atomic E-state index is 12.2. The zero-order valence-corrected chi connectivity index (χ0v) is 13.0. The van der Waals surface area contributed by atoms with Crippen molar-refractivity contribution in [1.82, 2.24) is 10.6 Å². The van der Waals surface area contributed by atoms with Crippen molar-refractivity contribution < 1.29 is 19.4 Å². The summed E-state index contributed by atoms with van der Waals surface area (Å²) in [6.07, 6.45) is 1.69. The van der Waals surface area contributed by atoms with Crippen molar-refractivity contribution in [3.05, 3.63) is 35.4 Å². The van der Waals surface area contributed by atoms with Gasteiger partial charge in [0.15, 0.2) is 0 Å². The lowest BCUT2D eigenvalue weighted by atomic mass is 9.81. The Morgan fingerprint density at radius 2 is 2.09 bits per heavy atom. The van der Waals surface area contributed by atoms with Gasteiger partial charge in [-0.3, -0.25) is 9.59 Å². The molecular formula is C17H22N2O4. The fraction of sp³-hybridized carbons (Fsp3) is 0.529. The Morgan fingerprint density at radius 3 is 2.83 bits per heavy atom. The highest BCUT2D eigenvalue weighted by atomic mass is 16.5. The van der Waals surface area contributed by atoms with Crippen LogP contribution >= 0.6 is 0 Å². The second-order valence-corrected chi connectivity index (χ2v) is 6.36. The number of hydrogen-bond donors (Lipinski definition) is 3. The predicted molar refractivity (Wildman–Crippen MR) is 83.8 cm³/mol. The highest BCUT2D eigenvalue weighted by molar-refractivity contribution is 5.99. The SMILES string of the molecule is O=C(C[C@H]1NC(=O)c2ccccc21)NCC1(CO)CCOCC1. The minimum absolute atomic E-state index is 0.0413. The van der Waals surface area contributed by atoms with Crippen molar-refractivity contribution in [2.24, 2.45) is 5.41 Å². The molecule has 1 fully saturated rings. The van der Waals surface area contributed by atoms with E-state index in [9.17, 15) is 14.7 Å². The van der Waals surface area contributed by atoms with Gasteiger partial charge < -0.3 is 20.5 Å². The molecule has 1 saturated heterocycles. The molecule has 0 aromatic heterocycles. The van der Waals surface area contributed by atoms with E-state index >= 15 is 0 Å². The first-order valence-corrected chi connectivity index (χ1v) is 7.99. The molecule has 0 spiro atoms. The van der Waals surface area contributed by atoms with E-state index in [0.717, 1.165) is 18.4 Å². The number of nitrogens with one attached hydrogen (secondary N) is 2. The zero-order valence-electron chi connectivity index (χ0n) is 13.0. The monoisotopic (exact) mass is 318 g/mol. The molecule has 2 aliphatic heterocycles. The van der Waals surface area contributed by atoms with E-state index < -0.39 is 0 Å². The summed E-state index contributed by atoms with van der Waals surface area (Å²) in [7, 11) is 0. The lowest BCUT2D eigenvalue weighted by Gasteiger charge is -2.35. The molecule has 1 aromatic carbocycles. The first kappa shape index (κ1) is 16.0. The van der Waals surface area contributed by atoms with Gasteiger partial charge in [-0.25, -0.2) is 0 Å². The maximum Gasteiger partial charge on any atom is 0.252 e. The number of benzene rings is 1. The Kier molecular flexibility index (Phi) is 4.63. The molecule has 1 aromatic rings. The third-order valence-corrected chi connectivity index (χ3v) is 4.83. The number of rotatable bonds is 5. The summed E-state index contributed by atoms with van der Waals surface area (Å²) in [5.74, 6) is -0.249. The molecule has 6 nitrogen and oxygen atoms in total. The minimum Gasteiger partial charge on any atom is -0.396 e. The van der Waals surface area contributed by atoms with E-state index in [1.54, 1.807) is 6.07 Å². The minimum atomic E-state index is -0.287. The smallest absolute Gasteiger partial charge is 0.252 e. The molecule has 23 heavy (non-hydrogen) atoms. The summed E-state index contributed by atoms with van der Waals surface area (Å²) in [6, 6.07) is 7.05. The summed E-state index contributed by atoms with van der Waals surface area (Å²) in [5.41, 5.74) is 1.22. The van der Waals surface area contributed by atoms with Crippen LogP contribution in [-0.4, -0.2) is 43.3 Å². The van der Waals surface area contributed by atoms with Crippen molar-refractivity contribution in [3.8, 4) is 0 Å². The summed E-state index contributed by atoms with van der Waals surface area (Å²) in [4.78, 5) is 24.1. The van der Waals surface area contributed by atoms with Gasteiger partial charge in [-0.15, -0.1) is 0 Å². The van der Waals surface area contributed by atoms with Crippen LogP contribution < -0.4 is 10.6 Å². The number of aliphatic hydroxyl groups is 1. The number of carbonyl (C=O) groups excluding carboxylic acids is 2.